The summed E-state index contributed by atoms with van der Waals surface area (Å²) in [5, 5.41) is 11.3. The van der Waals surface area contributed by atoms with Crippen molar-refractivity contribution in [3.63, 3.8) is 0 Å². The fourth-order valence-electron chi connectivity index (χ4n) is 6.63. The van der Waals surface area contributed by atoms with Crippen molar-refractivity contribution in [3.05, 3.63) is 78.5 Å². The first-order valence-corrected chi connectivity index (χ1v) is 13.3. The van der Waals surface area contributed by atoms with Gasteiger partial charge in [-0.25, -0.2) is 0 Å². The van der Waals surface area contributed by atoms with E-state index in [-0.39, 0.29) is 23.3 Å². The highest BCUT2D eigenvalue weighted by atomic mass is 32.2. The Labute approximate surface area is 215 Å². The first-order chi connectivity index (χ1) is 17.4. The smallest absolute Gasteiger partial charge is 0.238 e. The Bertz CT molecular complexity index is 1430. The Morgan fingerprint density at radius 1 is 1.11 bits per heavy atom. The molecule has 4 atom stereocenters. The number of ether oxygens (including phenoxy) is 2. The van der Waals surface area contributed by atoms with Crippen LogP contribution in [-0.4, -0.2) is 30.0 Å². The molecule has 6 heteroatoms. The maximum atomic E-state index is 14.0. The predicted octanol–water partition coefficient (Wildman–Crippen LogP) is 6.32. The second kappa shape index (κ2) is 8.40. The average molecular weight is 497 g/mol. The van der Waals surface area contributed by atoms with Gasteiger partial charge in [0.25, 0.3) is 0 Å². The Hall–Kier alpha value is -3.27. The van der Waals surface area contributed by atoms with Crippen LogP contribution in [0.3, 0.4) is 0 Å². The zero-order chi connectivity index (χ0) is 25.1. The van der Waals surface area contributed by atoms with Crippen LogP contribution < -0.4 is 9.64 Å². The number of amides is 1. The van der Waals surface area contributed by atoms with E-state index >= 15 is 0 Å². The topological polar surface area (TPSA) is 62.6 Å². The highest BCUT2D eigenvalue weighted by molar-refractivity contribution is 7.99. The summed E-state index contributed by atoms with van der Waals surface area (Å²) in [5.74, 6) is 1.52. The molecule has 3 aromatic rings. The Morgan fingerprint density at radius 2 is 1.86 bits per heavy atom. The number of methoxy groups -OCH3 is 1. The molecule has 3 aliphatic heterocycles. The molecule has 5 nitrogen and oxygen atoms in total. The minimum absolute atomic E-state index is 0.0466. The maximum absolute atomic E-state index is 14.0. The van der Waals surface area contributed by atoms with Gasteiger partial charge in [0.2, 0.25) is 5.91 Å². The van der Waals surface area contributed by atoms with Crippen molar-refractivity contribution in [2.24, 2.45) is 11.8 Å². The minimum Gasteiger partial charge on any atom is -0.497 e. The number of nitrogens with zero attached hydrogens (tertiary/aromatic N) is 2. The van der Waals surface area contributed by atoms with Gasteiger partial charge >= 0.3 is 0 Å². The SMILES string of the molecule is C=C1[C@H]2[C@@H](C(=O)N1c1ccc(C#N)c3ccccc13)[C@]1(C)CC[C@@]2(CCSc2ccc(OC)cc2)O1. The van der Waals surface area contributed by atoms with Crippen LogP contribution in [0.4, 0.5) is 5.69 Å². The molecule has 3 heterocycles. The number of hydrogen-bond donors (Lipinski definition) is 0. The Balaban J connectivity index is 1.31. The number of benzene rings is 3. The second-order valence-electron chi connectivity index (χ2n) is 10.2. The number of hydrogen-bond acceptors (Lipinski definition) is 5. The van der Waals surface area contributed by atoms with Crippen molar-refractivity contribution < 1.29 is 14.3 Å². The highest BCUT2D eigenvalue weighted by Crippen LogP contribution is 2.65. The van der Waals surface area contributed by atoms with Gasteiger partial charge in [0.05, 0.1) is 41.5 Å². The van der Waals surface area contributed by atoms with Gasteiger partial charge in [0.1, 0.15) is 5.75 Å². The number of fused-ring (bicyclic) bond motifs is 6. The van der Waals surface area contributed by atoms with E-state index in [9.17, 15) is 10.1 Å². The molecule has 0 spiro atoms. The average Bonchev–Trinajstić information content (AvgIpc) is 3.48. The van der Waals surface area contributed by atoms with Gasteiger partial charge in [-0.15, -0.1) is 11.8 Å². The molecule has 0 N–H and O–H groups in total. The van der Waals surface area contributed by atoms with Gasteiger partial charge < -0.3 is 9.47 Å². The van der Waals surface area contributed by atoms with Crippen LogP contribution in [0, 0.1) is 23.2 Å². The second-order valence-corrected chi connectivity index (χ2v) is 11.3. The molecule has 1 amide bonds. The van der Waals surface area contributed by atoms with Crippen molar-refractivity contribution in [1.82, 2.24) is 0 Å². The lowest BCUT2D eigenvalue weighted by Gasteiger charge is -2.33. The molecule has 0 aliphatic carbocycles. The summed E-state index contributed by atoms with van der Waals surface area (Å²) in [7, 11) is 1.67. The summed E-state index contributed by atoms with van der Waals surface area (Å²) in [4.78, 5) is 17.0. The largest absolute Gasteiger partial charge is 0.497 e. The molecule has 3 aromatic carbocycles. The molecule has 3 aliphatic rings. The Morgan fingerprint density at radius 3 is 2.58 bits per heavy atom. The molecule has 182 valence electrons. The number of thioether (sulfide) groups is 1. The standard InChI is InChI=1S/C30H28N2O3S/c1-19-26-27(28(33)32(19)25-13-8-20(18-31)23-6-4-5-7-24(23)25)29(2)14-15-30(26,35-29)16-17-36-22-11-9-21(34-3)10-12-22/h4-13,26-27H,1,14-17H2,2-3H3/t26-,27-,29-,30-/m0/s1. The first kappa shape index (κ1) is 23.1. The van der Waals surface area contributed by atoms with Crippen LogP contribution in [0.5, 0.6) is 5.75 Å². The molecule has 3 saturated heterocycles. The number of rotatable bonds is 6. The Kier molecular flexibility index (Phi) is 5.40. The van der Waals surface area contributed by atoms with E-state index in [0.29, 0.717) is 5.56 Å². The van der Waals surface area contributed by atoms with Crippen molar-refractivity contribution in [2.45, 2.75) is 42.3 Å². The van der Waals surface area contributed by atoms with Crippen LogP contribution in [0.15, 0.2) is 77.8 Å². The van der Waals surface area contributed by atoms with Gasteiger partial charge in [0, 0.05) is 33.0 Å². The minimum atomic E-state index is -0.480. The summed E-state index contributed by atoms with van der Waals surface area (Å²) in [6.07, 6.45) is 2.67. The monoisotopic (exact) mass is 496 g/mol. The van der Waals surface area contributed by atoms with Crippen molar-refractivity contribution in [3.8, 4) is 11.8 Å². The molecule has 36 heavy (non-hydrogen) atoms. The summed E-state index contributed by atoms with van der Waals surface area (Å²) in [6.45, 7) is 6.57. The van der Waals surface area contributed by atoms with Crippen LogP contribution >= 0.6 is 11.8 Å². The molecule has 0 saturated carbocycles. The van der Waals surface area contributed by atoms with Crippen LogP contribution in [0.2, 0.25) is 0 Å². The molecular weight excluding hydrogens is 468 g/mol. The molecule has 0 unspecified atom stereocenters. The van der Waals surface area contributed by atoms with Gasteiger partial charge in [-0.2, -0.15) is 5.26 Å². The van der Waals surface area contributed by atoms with E-state index in [0.717, 1.165) is 52.9 Å². The predicted molar refractivity (Wildman–Crippen MR) is 142 cm³/mol. The maximum Gasteiger partial charge on any atom is 0.238 e. The number of carbonyl (C=O) groups is 1. The van der Waals surface area contributed by atoms with Crippen molar-refractivity contribution in [1.29, 1.82) is 5.26 Å². The van der Waals surface area contributed by atoms with Crippen LogP contribution in [0.25, 0.3) is 10.8 Å². The molecule has 6 rings (SSSR count). The molecule has 3 fully saturated rings. The molecule has 0 radical (unpaired) electrons. The van der Waals surface area contributed by atoms with E-state index in [1.807, 2.05) is 47.4 Å². The van der Waals surface area contributed by atoms with Gasteiger partial charge in [0.15, 0.2) is 0 Å². The lowest BCUT2D eigenvalue weighted by Crippen LogP contribution is -2.40. The van der Waals surface area contributed by atoms with Gasteiger partial charge in [-0.05, 0) is 62.6 Å². The zero-order valence-corrected chi connectivity index (χ0v) is 21.3. The number of anilines is 1. The van der Waals surface area contributed by atoms with E-state index in [1.165, 1.54) is 4.90 Å². The number of nitriles is 1. The summed E-state index contributed by atoms with van der Waals surface area (Å²) < 4.78 is 12.0. The third kappa shape index (κ3) is 3.30. The van der Waals surface area contributed by atoms with E-state index < -0.39 is 5.60 Å². The summed E-state index contributed by atoms with van der Waals surface area (Å²) in [5.41, 5.74) is 1.36. The van der Waals surface area contributed by atoms with E-state index in [4.69, 9.17) is 9.47 Å². The summed E-state index contributed by atoms with van der Waals surface area (Å²) in [6, 6.07) is 21.9. The zero-order valence-electron chi connectivity index (χ0n) is 20.5. The fourth-order valence-corrected chi connectivity index (χ4v) is 7.65. The first-order valence-electron chi connectivity index (χ1n) is 12.3. The van der Waals surface area contributed by atoms with Crippen LogP contribution in [0.1, 0.15) is 31.7 Å². The van der Waals surface area contributed by atoms with Gasteiger partial charge in [-0.3, -0.25) is 9.69 Å². The lowest BCUT2D eigenvalue weighted by molar-refractivity contribution is -0.126. The quantitative estimate of drug-likeness (QED) is 0.374. The number of carbonyl (C=O) groups excluding carboxylic acids is 1. The molecule has 2 bridgehead atoms. The summed E-state index contributed by atoms with van der Waals surface area (Å²) >= 11 is 1.80. The van der Waals surface area contributed by atoms with E-state index in [1.54, 1.807) is 24.9 Å². The van der Waals surface area contributed by atoms with Crippen molar-refractivity contribution in [2.75, 3.05) is 17.8 Å². The normalized spacial score (nSPS) is 28.5. The fraction of sp³-hybridized carbons (Fsp3) is 0.333. The third-order valence-corrected chi connectivity index (χ3v) is 9.30. The third-order valence-electron chi connectivity index (χ3n) is 8.29. The van der Waals surface area contributed by atoms with Crippen molar-refractivity contribution >= 4 is 34.1 Å². The van der Waals surface area contributed by atoms with Gasteiger partial charge in [-0.1, -0.05) is 30.8 Å². The molecular formula is C30H28N2O3S. The molecule has 0 aromatic heterocycles. The van der Waals surface area contributed by atoms with Crippen LogP contribution in [-0.2, 0) is 9.53 Å². The lowest BCUT2D eigenvalue weighted by atomic mass is 9.67. The van der Waals surface area contributed by atoms with E-state index in [2.05, 4.69) is 31.7 Å². The highest BCUT2D eigenvalue weighted by Gasteiger charge is 2.71.